The third-order valence-electron chi connectivity index (χ3n) is 5.91. The second-order valence-electron chi connectivity index (χ2n) is 8.89. The number of carbonyl (C=O) groups is 1. The first-order valence-electron chi connectivity index (χ1n) is 11.7. The van der Waals surface area contributed by atoms with Gasteiger partial charge in [-0.05, 0) is 86.3 Å². The number of benzene rings is 3. The standard InChI is InChI=1S/C29H29N3O3S/c1-21-4-11-27(12-5-21)36(34,35)32(28-13-6-22(2)18-23(28)3)20-29(33)31-26-9-7-24(8-10-26)19-25-14-16-30-17-15-25/h4-18H,19-20H2,1-3H3,(H,31,33). The molecule has 0 bridgehead atoms. The lowest BCUT2D eigenvalue weighted by Gasteiger charge is -2.26. The molecule has 0 aliphatic rings. The molecular formula is C29H29N3O3S. The van der Waals surface area contributed by atoms with E-state index in [4.69, 9.17) is 0 Å². The van der Waals surface area contributed by atoms with Crippen molar-refractivity contribution in [2.24, 2.45) is 0 Å². The van der Waals surface area contributed by atoms with Gasteiger partial charge in [-0.2, -0.15) is 0 Å². The zero-order chi connectivity index (χ0) is 25.7. The third kappa shape index (κ3) is 5.98. The van der Waals surface area contributed by atoms with Gasteiger partial charge in [0.05, 0.1) is 10.6 Å². The normalized spacial score (nSPS) is 11.2. The molecule has 1 N–H and O–H groups in total. The van der Waals surface area contributed by atoms with Crippen LogP contribution < -0.4 is 9.62 Å². The number of pyridine rings is 1. The van der Waals surface area contributed by atoms with Crippen molar-refractivity contribution in [3.8, 4) is 0 Å². The molecule has 0 unspecified atom stereocenters. The largest absolute Gasteiger partial charge is 0.325 e. The van der Waals surface area contributed by atoms with Gasteiger partial charge in [-0.1, -0.05) is 47.5 Å². The summed E-state index contributed by atoms with van der Waals surface area (Å²) in [6.07, 6.45) is 4.28. The molecule has 6 nitrogen and oxygen atoms in total. The molecule has 0 saturated carbocycles. The Labute approximate surface area is 212 Å². The maximum Gasteiger partial charge on any atom is 0.264 e. The zero-order valence-corrected chi connectivity index (χ0v) is 21.4. The van der Waals surface area contributed by atoms with Crippen LogP contribution in [0.4, 0.5) is 11.4 Å². The van der Waals surface area contributed by atoms with Crippen LogP contribution in [0.15, 0.2) is 96.2 Å². The average molecular weight is 500 g/mol. The Morgan fingerprint density at radius 2 is 1.42 bits per heavy atom. The summed E-state index contributed by atoms with van der Waals surface area (Å²) in [7, 11) is -3.97. The molecule has 0 atom stereocenters. The molecule has 184 valence electrons. The van der Waals surface area contributed by atoms with Crippen molar-refractivity contribution in [1.29, 1.82) is 0 Å². The van der Waals surface area contributed by atoms with Crippen LogP contribution in [0.3, 0.4) is 0 Å². The zero-order valence-electron chi connectivity index (χ0n) is 20.6. The van der Waals surface area contributed by atoms with Gasteiger partial charge in [-0.25, -0.2) is 8.42 Å². The molecule has 1 heterocycles. The first-order valence-corrected chi connectivity index (χ1v) is 13.1. The van der Waals surface area contributed by atoms with Crippen molar-refractivity contribution in [1.82, 2.24) is 4.98 Å². The van der Waals surface area contributed by atoms with Crippen molar-refractivity contribution in [2.45, 2.75) is 32.1 Å². The topological polar surface area (TPSA) is 79.4 Å². The van der Waals surface area contributed by atoms with Crippen molar-refractivity contribution < 1.29 is 13.2 Å². The fraction of sp³-hybridized carbons (Fsp3) is 0.172. The van der Waals surface area contributed by atoms with E-state index in [1.165, 1.54) is 4.31 Å². The first-order chi connectivity index (χ1) is 17.2. The molecular weight excluding hydrogens is 470 g/mol. The molecule has 36 heavy (non-hydrogen) atoms. The monoisotopic (exact) mass is 499 g/mol. The maximum absolute atomic E-state index is 13.6. The molecule has 1 amide bonds. The second kappa shape index (κ2) is 10.7. The van der Waals surface area contributed by atoms with E-state index in [2.05, 4.69) is 10.3 Å². The molecule has 0 radical (unpaired) electrons. The number of anilines is 2. The van der Waals surface area contributed by atoms with E-state index in [1.807, 2.05) is 69.3 Å². The van der Waals surface area contributed by atoms with Crippen LogP contribution >= 0.6 is 0 Å². The van der Waals surface area contributed by atoms with Gasteiger partial charge in [0.25, 0.3) is 10.0 Å². The summed E-state index contributed by atoms with van der Waals surface area (Å²) in [4.78, 5) is 17.2. The SMILES string of the molecule is Cc1ccc(S(=O)(=O)N(CC(=O)Nc2ccc(Cc3ccncc3)cc2)c2ccc(C)cc2C)cc1. The number of hydrogen-bond donors (Lipinski definition) is 1. The van der Waals surface area contributed by atoms with E-state index < -0.39 is 15.9 Å². The number of carbonyl (C=O) groups excluding carboxylic acids is 1. The van der Waals surface area contributed by atoms with Crippen LogP contribution in [0.25, 0.3) is 0 Å². The van der Waals surface area contributed by atoms with Gasteiger partial charge >= 0.3 is 0 Å². The van der Waals surface area contributed by atoms with E-state index in [1.54, 1.807) is 42.7 Å². The third-order valence-corrected chi connectivity index (χ3v) is 7.69. The molecule has 7 heteroatoms. The van der Waals surface area contributed by atoms with Gasteiger partial charge in [0, 0.05) is 18.1 Å². The van der Waals surface area contributed by atoms with Gasteiger partial charge in [0.1, 0.15) is 6.54 Å². The molecule has 3 aromatic carbocycles. The van der Waals surface area contributed by atoms with E-state index in [9.17, 15) is 13.2 Å². The molecule has 4 rings (SSSR count). The highest BCUT2D eigenvalue weighted by atomic mass is 32.2. The Balaban J connectivity index is 1.55. The molecule has 0 aliphatic heterocycles. The predicted molar refractivity (Wildman–Crippen MR) is 144 cm³/mol. The fourth-order valence-corrected chi connectivity index (χ4v) is 5.48. The van der Waals surface area contributed by atoms with Crippen LogP contribution in [0, 0.1) is 20.8 Å². The number of aromatic nitrogens is 1. The lowest BCUT2D eigenvalue weighted by molar-refractivity contribution is -0.114. The molecule has 0 saturated heterocycles. The Hall–Kier alpha value is -3.97. The summed E-state index contributed by atoms with van der Waals surface area (Å²) in [6, 6.07) is 23.6. The number of nitrogens with one attached hydrogen (secondary N) is 1. The molecule has 0 fully saturated rings. The summed E-state index contributed by atoms with van der Waals surface area (Å²) in [5.74, 6) is -0.424. The van der Waals surface area contributed by atoms with Crippen LogP contribution in [0.5, 0.6) is 0 Å². The average Bonchev–Trinajstić information content (AvgIpc) is 2.85. The van der Waals surface area contributed by atoms with Gasteiger partial charge in [-0.3, -0.25) is 14.1 Å². The Kier molecular flexibility index (Phi) is 7.50. The smallest absolute Gasteiger partial charge is 0.264 e. The summed E-state index contributed by atoms with van der Waals surface area (Å²) < 4.78 is 28.4. The fourth-order valence-electron chi connectivity index (χ4n) is 4.00. The highest BCUT2D eigenvalue weighted by Gasteiger charge is 2.28. The number of aryl methyl sites for hydroxylation is 3. The van der Waals surface area contributed by atoms with Gasteiger partial charge in [-0.15, -0.1) is 0 Å². The summed E-state index contributed by atoms with van der Waals surface area (Å²) in [5, 5.41) is 2.84. The van der Waals surface area contributed by atoms with Crippen LogP contribution in [0.1, 0.15) is 27.8 Å². The Morgan fingerprint density at radius 3 is 2.06 bits per heavy atom. The number of sulfonamides is 1. The highest BCUT2D eigenvalue weighted by molar-refractivity contribution is 7.92. The van der Waals surface area contributed by atoms with Gasteiger partial charge < -0.3 is 5.32 Å². The predicted octanol–water partition coefficient (Wildman–Crippen LogP) is 5.43. The maximum atomic E-state index is 13.6. The minimum Gasteiger partial charge on any atom is -0.325 e. The minimum absolute atomic E-state index is 0.140. The molecule has 4 aromatic rings. The van der Waals surface area contributed by atoms with Crippen LogP contribution in [0.2, 0.25) is 0 Å². The quantitative estimate of drug-likeness (QED) is 0.351. The van der Waals surface area contributed by atoms with Crippen molar-refractivity contribution in [3.63, 3.8) is 0 Å². The Morgan fingerprint density at radius 1 is 0.806 bits per heavy atom. The van der Waals surface area contributed by atoms with E-state index >= 15 is 0 Å². The minimum atomic E-state index is -3.97. The highest BCUT2D eigenvalue weighted by Crippen LogP contribution is 2.28. The summed E-state index contributed by atoms with van der Waals surface area (Å²) in [6.45, 7) is 5.34. The number of amides is 1. The lowest BCUT2D eigenvalue weighted by atomic mass is 10.1. The van der Waals surface area contributed by atoms with Crippen LogP contribution in [-0.2, 0) is 21.2 Å². The van der Waals surface area contributed by atoms with Crippen molar-refractivity contribution in [3.05, 3.63) is 119 Å². The molecule has 0 aliphatic carbocycles. The lowest BCUT2D eigenvalue weighted by Crippen LogP contribution is -2.38. The Bertz CT molecular complexity index is 1450. The summed E-state index contributed by atoms with van der Waals surface area (Å²) >= 11 is 0. The first kappa shape index (κ1) is 25.1. The molecule has 0 spiro atoms. The number of rotatable bonds is 8. The second-order valence-corrected chi connectivity index (χ2v) is 10.8. The van der Waals surface area contributed by atoms with E-state index in [0.29, 0.717) is 11.4 Å². The van der Waals surface area contributed by atoms with Crippen molar-refractivity contribution >= 4 is 27.3 Å². The van der Waals surface area contributed by atoms with Gasteiger partial charge in [0.2, 0.25) is 5.91 Å². The van der Waals surface area contributed by atoms with E-state index in [0.717, 1.165) is 34.2 Å². The van der Waals surface area contributed by atoms with Gasteiger partial charge in [0.15, 0.2) is 0 Å². The molecule has 1 aromatic heterocycles. The summed E-state index contributed by atoms with van der Waals surface area (Å²) in [5.41, 5.74) is 6.07. The van der Waals surface area contributed by atoms with Crippen molar-refractivity contribution in [2.75, 3.05) is 16.2 Å². The van der Waals surface area contributed by atoms with E-state index in [-0.39, 0.29) is 11.4 Å². The number of nitrogens with zero attached hydrogens (tertiary/aromatic N) is 2. The van der Waals surface area contributed by atoms with Crippen LogP contribution in [-0.4, -0.2) is 25.9 Å². The number of hydrogen-bond acceptors (Lipinski definition) is 4.